The summed E-state index contributed by atoms with van der Waals surface area (Å²) in [5.41, 5.74) is 0. The van der Waals surface area contributed by atoms with Crippen LogP contribution in [0.3, 0.4) is 0 Å². The van der Waals surface area contributed by atoms with Crippen molar-refractivity contribution in [1.82, 2.24) is 14.9 Å². The summed E-state index contributed by atoms with van der Waals surface area (Å²) in [6, 6.07) is 3.62. The van der Waals surface area contributed by atoms with Gasteiger partial charge in [-0.15, -0.1) is 10.2 Å². The number of carbonyl (C=O) groups excluding carboxylic acids is 1. The molecule has 0 aliphatic heterocycles. The van der Waals surface area contributed by atoms with Crippen LogP contribution in [-0.4, -0.2) is 31.1 Å². The standard InChI is InChI=1S/C13H18N4O4S2/c1-9(2)11(18)15-12-16-17-13(22-12)23(19,20)14-7-3-5-10-6-4-8-21-10/h4,6,8-9,14H,3,5,7H2,1-2H3,(H,15,16,18). The van der Waals surface area contributed by atoms with Crippen LogP contribution in [0.25, 0.3) is 0 Å². The summed E-state index contributed by atoms with van der Waals surface area (Å²) >= 11 is 0.818. The molecule has 0 spiro atoms. The van der Waals surface area contributed by atoms with E-state index < -0.39 is 10.0 Å². The molecule has 0 bridgehead atoms. The molecular formula is C13H18N4O4S2. The SMILES string of the molecule is CC(C)C(=O)Nc1nnc(S(=O)(=O)NCCCc2ccco2)s1. The average Bonchev–Trinajstić information content (AvgIpc) is 3.15. The summed E-state index contributed by atoms with van der Waals surface area (Å²) in [5.74, 6) is 0.342. The molecule has 0 fully saturated rings. The molecule has 2 rings (SSSR count). The Morgan fingerprint density at radius 2 is 2.17 bits per heavy atom. The second-order valence-corrected chi connectivity index (χ2v) is 8.02. The van der Waals surface area contributed by atoms with Gasteiger partial charge in [0, 0.05) is 18.9 Å². The highest BCUT2D eigenvalue weighted by Gasteiger charge is 2.20. The first-order valence-electron chi connectivity index (χ1n) is 7.05. The molecule has 0 aromatic carbocycles. The summed E-state index contributed by atoms with van der Waals surface area (Å²) < 4.78 is 31.6. The van der Waals surface area contributed by atoms with Crippen LogP contribution in [0.5, 0.6) is 0 Å². The molecule has 10 heteroatoms. The number of sulfonamides is 1. The minimum absolute atomic E-state index is 0.166. The van der Waals surface area contributed by atoms with E-state index in [2.05, 4.69) is 20.2 Å². The van der Waals surface area contributed by atoms with Crippen molar-refractivity contribution in [2.45, 2.75) is 31.0 Å². The zero-order chi connectivity index (χ0) is 16.9. The number of hydrogen-bond donors (Lipinski definition) is 2. The van der Waals surface area contributed by atoms with Crippen LogP contribution in [0.1, 0.15) is 26.0 Å². The second kappa shape index (κ2) is 7.66. The number of hydrogen-bond acceptors (Lipinski definition) is 7. The minimum Gasteiger partial charge on any atom is -0.469 e. The Kier molecular flexibility index (Phi) is 5.85. The van der Waals surface area contributed by atoms with Crippen molar-refractivity contribution in [3.05, 3.63) is 24.2 Å². The molecule has 1 amide bonds. The summed E-state index contributed by atoms with van der Waals surface area (Å²) in [7, 11) is -3.72. The minimum atomic E-state index is -3.72. The van der Waals surface area contributed by atoms with E-state index in [4.69, 9.17) is 4.42 Å². The van der Waals surface area contributed by atoms with Gasteiger partial charge in [-0.05, 0) is 18.6 Å². The lowest BCUT2D eigenvalue weighted by Crippen LogP contribution is -2.25. The van der Waals surface area contributed by atoms with Crippen LogP contribution in [0.4, 0.5) is 5.13 Å². The highest BCUT2D eigenvalue weighted by atomic mass is 32.2. The van der Waals surface area contributed by atoms with E-state index in [1.54, 1.807) is 26.2 Å². The van der Waals surface area contributed by atoms with Gasteiger partial charge in [-0.25, -0.2) is 13.1 Å². The fraction of sp³-hybridized carbons (Fsp3) is 0.462. The molecule has 0 aliphatic carbocycles. The van der Waals surface area contributed by atoms with Crippen LogP contribution < -0.4 is 10.0 Å². The van der Waals surface area contributed by atoms with Crippen LogP contribution in [0.15, 0.2) is 27.2 Å². The van der Waals surface area contributed by atoms with Gasteiger partial charge in [-0.3, -0.25) is 4.79 Å². The van der Waals surface area contributed by atoms with Crippen molar-refractivity contribution in [2.75, 3.05) is 11.9 Å². The van der Waals surface area contributed by atoms with E-state index in [9.17, 15) is 13.2 Å². The molecule has 0 radical (unpaired) electrons. The zero-order valence-electron chi connectivity index (χ0n) is 12.8. The number of aromatic nitrogens is 2. The van der Waals surface area contributed by atoms with E-state index in [0.717, 1.165) is 17.1 Å². The van der Waals surface area contributed by atoms with E-state index in [1.165, 1.54) is 0 Å². The Balaban J connectivity index is 1.86. The number of aryl methyl sites for hydroxylation is 1. The number of nitrogens with zero attached hydrogens (tertiary/aromatic N) is 2. The summed E-state index contributed by atoms with van der Waals surface area (Å²) in [6.07, 6.45) is 2.82. The highest BCUT2D eigenvalue weighted by molar-refractivity contribution is 7.91. The van der Waals surface area contributed by atoms with Crippen LogP contribution in [0.2, 0.25) is 0 Å². The lowest BCUT2D eigenvalue weighted by Gasteiger charge is -2.03. The third-order valence-electron chi connectivity index (χ3n) is 2.86. The summed E-state index contributed by atoms with van der Waals surface area (Å²) in [6.45, 7) is 3.72. The molecule has 23 heavy (non-hydrogen) atoms. The average molecular weight is 358 g/mol. The highest BCUT2D eigenvalue weighted by Crippen LogP contribution is 2.20. The molecule has 126 valence electrons. The second-order valence-electron chi connectivity index (χ2n) is 5.10. The Hall–Kier alpha value is -1.78. The molecule has 8 nitrogen and oxygen atoms in total. The predicted molar refractivity (Wildman–Crippen MR) is 85.6 cm³/mol. The maximum absolute atomic E-state index is 12.1. The first kappa shape index (κ1) is 17.6. The zero-order valence-corrected chi connectivity index (χ0v) is 14.4. The van der Waals surface area contributed by atoms with E-state index in [1.807, 2.05) is 6.07 Å². The normalized spacial score (nSPS) is 11.8. The Bertz CT molecular complexity index is 738. The molecule has 2 aromatic heterocycles. The Morgan fingerprint density at radius 1 is 1.39 bits per heavy atom. The molecule has 0 aliphatic rings. The maximum Gasteiger partial charge on any atom is 0.269 e. The topological polar surface area (TPSA) is 114 Å². The van der Waals surface area contributed by atoms with Crippen molar-refractivity contribution in [2.24, 2.45) is 5.92 Å². The first-order chi connectivity index (χ1) is 10.9. The molecule has 2 aromatic rings. The smallest absolute Gasteiger partial charge is 0.269 e. The van der Waals surface area contributed by atoms with Crippen molar-refractivity contribution in [1.29, 1.82) is 0 Å². The lowest BCUT2D eigenvalue weighted by atomic mass is 10.2. The summed E-state index contributed by atoms with van der Waals surface area (Å²) in [4.78, 5) is 11.5. The van der Waals surface area contributed by atoms with Gasteiger partial charge in [0.25, 0.3) is 10.0 Å². The van der Waals surface area contributed by atoms with Gasteiger partial charge in [0.2, 0.25) is 15.4 Å². The van der Waals surface area contributed by atoms with Gasteiger partial charge in [0.1, 0.15) is 5.76 Å². The Labute approximate surface area is 138 Å². The van der Waals surface area contributed by atoms with Gasteiger partial charge >= 0.3 is 0 Å². The number of rotatable bonds is 8. The van der Waals surface area contributed by atoms with Crippen LogP contribution in [-0.2, 0) is 21.2 Å². The third-order valence-corrected chi connectivity index (χ3v) is 5.53. The lowest BCUT2D eigenvalue weighted by molar-refractivity contribution is -0.118. The molecular weight excluding hydrogens is 340 g/mol. The van der Waals surface area contributed by atoms with E-state index >= 15 is 0 Å². The number of furan rings is 1. The van der Waals surface area contributed by atoms with Crippen LogP contribution >= 0.6 is 11.3 Å². The van der Waals surface area contributed by atoms with Gasteiger partial charge in [0.15, 0.2) is 0 Å². The van der Waals surface area contributed by atoms with Gasteiger partial charge in [0.05, 0.1) is 6.26 Å². The molecule has 0 unspecified atom stereocenters. The van der Waals surface area contributed by atoms with Gasteiger partial charge < -0.3 is 9.73 Å². The third kappa shape index (κ3) is 5.12. The number of carbonyl (C=O) groups is 1. The molecule has 2 heterocycles. The van der Waals surface area contributed by atoms with Crippen molar-refractivity contribution < 1.29 is 17.6 Å². The molecule has 0 atom stereocenters. The van der Waals surface area contributed by atoms with Crippen molar-refractivity contribution >= 4 is 32.4 Å². The van der Waals surface area contributed by atoms with E-state index in [0.29, 0.717) is 12.8 Å². The van der Waals surface area contributed by atoms with Crippen LogP contribution in [0, 0.1) is 5.92 Å². The molecule has 2 N–H and O–H groups in total. The van der Waals surface area contributed by atoms with Crippen molar-refractivity contribution in [3.8, 4) is 0 Å². The molecule has 0 saturated carbocycles. The number of nitrogens with one attached hydrogen (secondary N) is 2. The first-order valence-corrected chi connectivity index (χ1v) is 9.35. The van der Waals surface area contributed by atoms with Gasteiger partial charge in [-0.1, -0.05) is 25.2 Å². The van der Waals surface area contributed by atoms with Gasteiger partial charge in [-0.2, -0.15) is 0 Å². The molecule has 0 saturated heterocycles. The monoisotopic (exact) mass is 358 g/mol. The Morgan fingerprint density at radius 3 is 2.83 bits per heavy atom. The largest absolute Gasteiger partial charge is 0.469 e. The maximum atomic E-state index is 12.1. The fourth-order valence-corrected chi connectivity index (χ4v) is 3.62. The number of amides is 1. The quantitative estimate of drug-likeness (QED) is 0.548. The van der Waals surface area contributed by atoms with Crippen molar-refractivity contribution in [3.63, 3.8) is 0 Å². The summed E-state index contributed by atoms with van der Waals surface area (Å²) in [5, 5.41) is 9.98. The fourth-order valence-electron chi connectivity index (χ4n) is 1.60. The van der Waals surface area contributed by atoms with E-state index in [-0.39, 0.29) is 27.8 Å². The predicted octanol–water partition coefficient (Wildman–Crippen LogP) is 1.64. The number of anilines is 1.